The summed E-state index contributed by atoms with van der Waals surface area (Å²) in [4.78, 5) is 14.1. The molecule has 0 radical (unpaired) electrons. The topological polar surface area (TPSA) is 53.9 Å². The average molecular weight is 216 g/mol. The molecule has 0 spiro atoms. The van der Waals surface area contributed by atoms with Gasteiger partial charge in [0.25, 0.3) is 0 Å². The Morgan fingerprint density at radius 2 is 2.00 bits per heavy atom. The molecule has 0 atom stereocenters. The molecule has 1 aromatic rings. The first-order chi connectivity index (χ1) is 6.67. The van der Waals surface area contributed by atoms with Crippen LogP contribution in [0.15, 0.2) is 0 Å². The largest absolute Gasteiger partial charge is 0.354 e. The van der Waals surface area contributed by atoms with Crippen LogP contribution in [0.4, 0.5) is 11.9 Å². The van der Waals surface area contributed by atoms with Gasteiger partial charge in [-0.3, -0.25) is 0 Å². The second-order valence-corrected chi connectivity index (χ2v) is 3.11. The van der Waals surface area contributed by atoms with Gasteiger partial charge in [0.15, 0.2) is 0 Å². The summed E-state index contributed by atoms with van der Waals surface area (Å²) in [5.41, 5.74) is 0. The Hall–Kier alpha value is -1.10. The molecule has 0 aliphatic rings. The Morgan fingerprint density at radius 3 is 2.57 bits per heavy atom. The predicted molar refractivity (Wildman–Crippen MR) is 57.9 cm³/mol. The van der Waals surface area contributed by atoms with Gasteiger partial charge in [-0.2, -0.15) is 15.0 Å². The van der Waals surface area contributed by atoms with Crippen molar-refractivity contribution in [2.45, 2.75) is 13.8 Å². The maximum absolute atomic E-state index is 5.76. The monoisotopic (exact) mass is 215 g/mol. The summed E-state index contributed by atoms with van der Waals surface area (Å²) in [6.45, 7) is 5.58. The van der Waals surface area contributed by atoms with Crippen molar-refractivity contribution in [3.8, 4) is 0 Å². The van der Waals surface area contributed by atoms with Gasteiger partial charge in [-0.05, 0) is 25.4 Å². The molecule has 0 fully saturated rings. The minimum Gasteiger partial charge on any atom is -0.354 e. The molecular weight excluding hydrogens is 202 g/mol. The van der Waals surface area contributed by atoms with Crippen molar-refractivity contribution < 1.29 is 0 Å². The molecule has 1 aromatic heterocycles. The maximum atomic E-state index is 5.76. The van der Waals surface area contributed by atoms with Crippen molar-refractivity contribution in [1.82, 2.24) is 15.0 Å². The Bertz CT molecular complexity index is 304. The molecule has 0 aromatic carbocycles. The summed E-state index contributed by atoms with van der Waals surface area (Å²) in [6, 6.07) is 0. The van der Waals surface area contributed by atoms with Gasteiger partial charge in [-0.15, -0.1) is 0 Å². The lowest BCUT2D eigenvalue weighted by Gasteiger charge is -2.14. The number of rotatable bonds is 4. The summed E-state index contributed by atoms with van der Waals surface area (Å²) in [6.07, 6.45) is 0. The molecule has 6 heteroatoms. The number of nitrogens with one attached hydrogen (secondary N) is 1. The van der Waals surface area contributed by atoms with E-state index in [9.17, 15) is 0 Å². The van der Waals surface area contributed by atoms with Crippen LogP contribution in [0, 0.1) is 0 Å². The van der Waals surface area contributed by atoms with E-state index in [1.165, 1.54) is 0 Å². The van der Waals surface area contributed by atoms with Gasteiger partial charge >= 0.3 is 0 Å². The van der Waals surface area contributed by atoms with Crippen LogP contribution in [0.1, 0.15) is 13.8 Å². The van der Waals surface area contributed by atoms with E-state index in [1.54, 1.807) is 0 Å². The first-order valence-electron chi connectivity index (χ1n) is 4.54. The number of anilines is 2. The molecule has 1 heterocycles. The number of halogens is 1. The normalized spacial score (nSPS) is 10.0. The molecule has 1 N–H and O–H groups in total. The minimum atomic E-state index is 0.214. The van der Waals surface area contributed by atoms with Crippen LogP contribution in [-0.4, -0.2) is 35.1 Å². The third-order valence-electron chi connectivity index (χ3n) is 1.75. The Kier molecular flexibility index (Phi) is 3.88. The van der Waals surface area contributed by atoms with Gasteiger partial charge in [0.1, 0.15) is 0 Å². The lowest BCUT2D eigenvalue weighted by Crippen LogP contribution is -2.20. The zero-order valence-corrected chi connectivity index (χ0v) is 9.34. The summed E-state index contributed by atoms with van der Waals surface area (Å²) in [7, 11) is 1.90. The lowest BCUT2D eigenvalue weighted by molar-refractivity contribution is 0.881. The van der Waals surface area contributed by atoms with Crippen molar-refractivity contribution >= 4 is 23.5 Å². The van der Waals surface area contributed by atoms with Gasteiger partial charge in [-0.25, -0.2) is 0 Å². The standard InChI is InChI=1S/C8H14ClN5/c1-4-10-7-11-6(9)12-8(13-7)14(3)5-2/h4-5H2,1-3H3,(H,10,11,12,13). The van der Waals surface area contributed by atoms with Gasteiger partial charge in [-0.1, -0.05) is 0 Å². The summed E-state index contributed by atoms with van der Waals surface area (Å²) in [5, 5.41) is 3.21. The quantitative estimate of drug-likeness (QED) is 0.823. The molecule has 0 saturated heterocycles. The first kappa shape index (κ1) is 11.0. The molecule has 14 heavy (non-hydrogen) atoms. The van der Waals surface area contributed by atoms with Crippen molar-refractivity contribution in [3.63, 3.8) is 0 Å². The van der Waals surface area contributed by atoms with E-state index < -0.39 is 0 Å². The van der Waals surface area contributed by atoms with E-state index in [2.05, 4.69) is 20.3 Å². The summed E-state index contributed by atoms with van der Waals surface area (Å²) >= 11 is 5.76. The van der Waals surface area contributed by atoms with Gasteiger partial charge in [0.05, 0.1) is 0 Å². The molecule has 0 amide bonds. The highest BCUT2D eigenvalue weighted by Crippen LogP contribution is 2.11. The Balaban J connectivity index is 2.94. The second-order valence-electron chi connectivity index (χ2n) is 2.77. The van der Waals surface area contributed by atoms with Crippen molar-refractivity contribution in [2.24, 2.45) is 0 Å². The second kappa shape index (κ2) is 4.95. The van der Waals surface area contributed by atoms with Crippen LogP contribution in [0.2, 0.25) is 5.28 Å². The fourth-order valence-electron chi connectivity index (χ4n) is 0.889. The first-order valence-corrected chi connectivity index (χ1v) is 4.91. The van der Waals surface area contributed by atoms with E-state index in [1.807, 2.05) is 25.8 Å². The number of hydrogen-bond acceptors (Lipinski definition) is 5. The van der Waals surface area contributed by atoms with Crippen molar-refractivity contribution in [1.29, 1.82) is 0 Å². The van der Waals surface area contributed by atoms with E-state index in [4.69, 9.17) is 11.6 Å². The van der Waals surface area contributed by atoms with Gasteiger partial charge < -0.3 is 10.2 Å². The van der Waals surface area contributed by atoms with E-state index in [0.29, 0.717) is 11.9 Å². The van der Waals surface area contributed by atoms with Gasteiger partial charge in [0, 0.05) is 20.1 Å². The van der Waals surface area contributed by atoms with E-state index >= 15 is 0 Å². The van der Waals surface area contributed by atoms with Crippen LogP contribution in [0.3, 0.4) is 0 Å². The highest BCUT2D eigenvalue weighted by atomic mass is 35.5. The van der Waals surface area contributed by atoms with E-state index in [-0.39, 0.29) is 5.28 Å². The molecule has 0 unspecified atom stereocenters. The SMILES string of the molecule is CCNc1nc(Cl)nc(N(C)CC)n1. The molecule has 0 aliphatic carbocycles. The molecule has 78 valence electrons. The van der Waals surface area contributed by atoms with Crippen LogP contribution >= 0.6 is 11.6 Å². The van der Waals surface area contributed by atoms with Crippen LogP contribution in [0.25, 0.3) is 0 Å². The third-order valence-corrected chi connectivity index (χ3v) is 1.92. The van der Waals surface area contributed by atoms with Gasteiger partial charge in [0.2, 0.25) is 17.2 Å². The molecule has 5 nitrogen and oxygen atoms in total. The fourth-order valence-corrected chi connectivity index (χ4v) is 1.04. The zero-order chi connectivity index (χ0) is 10.6. The van der Waals surface area contributed by atoms with Crippen LogP contribution in [-0.2, 0) is 0 Å². The van der Waals surface area contributed by atoms with E-state index in [0.717, 1.165) is 13.1 Å². The Labute approximate surface area is 88.5 Å². The van der Waals surface area contributed by atoms with Crippen LogP contribution in [0.5, 0.6) is 0 Å². The predicted octanol–water partition coefficient (Wildman–Crippen LogP) is 1.41. The molecule has 1 rings (SSSR count). The zero-order valence-electron chi connectivity index (χ0n) is 8.58. The number of nitrogens with zero attached hydrogens (tertiary/aromatic N) is 4. The molecule has 0 aliphatic heterocycles. The fraction of sp³-hybridized carbons (Fsp3) is 0.625. The van der Waals surface area contributed by atoms with Crippen molar-refractivity contribution in [3.05, 3.63) is 5.28 Å². The lowest BCUT2D eigenvalue weighted by atomic mass is 10.6. The van der Waals surface area contributed by atoms with Crippen molar-refractivity contribution in [2.75, 3.05) is 30.4 Å². The molecule has 0 bridgehead atoms. The minimum absolute atomic E-state index is 0.214. The molecule has 0 saturated carbocycles. The highest BCUT2D eigenvalue weighted by Gasteiger charge is 2.06. The summed E-state index contributed by atoms with van der Waals surface area (Å²) in [5.74, 6) is 1.10. The third kappa shape index (κ3) is 2.70. The highest BCUT2D eigenvalue weighted by molar-refractivity contribution is 6.28. The number of hydrogen-bond donors (Lipinski definition) is 1. The number of aromatic nitrogens is 3. The Morgan fingerprint density at radius 1 is 1.29 bits per heavy atom. The maximum Gasteiger partial charge on any atom is 0.231 e. The smallest absolute Gasteiger partial charge is 0.231 e. The van der Waals surface area contributed by atoms with Crippen LogP contribution < -0.4 is 10.2 Å². The average Bonchev–Trinajstić information content (AvgIpc) is 2.16. The summed E-state index contributed by atoms with van der Waals surface area (Å²) < 4.78 is 0. The molecular formula is C8H14ClN5.